The van der Waals surface area contributed by atoms with Crippen LogP contribution >= 0.6 is 0 Å². The molecule has 3 heterocycles. The maximum atomic E-state index is 14.9. The lowest BCUT2D eigenvalue weighted by molar-refractivity contribution is -0.117. The number of rotatable bonds is 4. The van der Waals surface area contributed by atoms with E-state index in [0.717, 1.165) is 11.8 Å². The molecule has 1 aliphatic heterocycles. The summed E-state index contributed by atoms with van der Waals surface area (Å²) in [7, 11) is 1.32. The van der Waals surface area contributed by atoms with E-state index in [1.54, 1.807) is 45.2 Å². The predicted octanol–water partition coefficient (Wildman–Crippen LogP) is 5.03. The van der Waals surface area contributed by atoms with Gasteiger partial charge in [-0.05, 0) is 58.0 Å². The number of benzene rings is 2. The molecule has 1 unspecified atom stereocenters. The number of ketones is 1. The average molecular weight is 570 g/mol. The van der Waals surface area contributed by atoms with Crippen LogP contribution in [0.1, 0.15) is 50.3 Å². The third-order valence-corrected chi connectivity index (χ3v) is 6.81. The molecule has 1 amide bonds. The summed E-state index contributed by atoms with van der Waals surface area (Å²) in [5.41, 5.74) is 0.957. The molecule has 0 aliphatic carbocycles. The van der Waals surface area contributed by atoms with E-state index in [4.69, 9.17) is 14.5 Å². The smallest absolute Gasteiger partial charge is 0.411 e. The van der Waals surface area contributed by atoms with Gasteiger partial charge in [0.1, 0.15) is 17.5 Å². The Hall–Kier alpha value is -5.11. The number of aromatic nitrogens is 3. The Morgan fingerprint density at radius 2 is 1.90 bits per heavy atom. The van der Waals surface area contributed by atoms with Crippen molar-refractivity contribution in [3.8, 4) is 28.6 Å². The van der Waals surface area contributed by atoms with Gasteiger partial charge in [-0.2, -0.15) is 5.26 Å². The van der Waals surface area contributed by atoms with Gasteiger partial charge < -0.3 is 9.47 Å². The summed E-state index contributed by atoms with van der Waals surface area (Å²) in [4.78, 5) is 50.7. The fourth-order valence-corrected chi connectivity index (χ4v) is 4.92. The van der Waals surface area contributed by atoms with Crippen LogP contribution in [0.25, 0.3) is 27.7 Å². The maximum absolute atomic E-state index is 14.9. The molecule has 1 atom stereocenters. The topological polar surface area (TPSA) is 127 Å². The second-order valence-electron chi connectivity index (χ2n) is 11.0. The van der Waals surface area contributed by atoms with Crippen LogP contribution in [0.15, 0.2) is 53.5 Å². The minimum Gasteiger partial charge on any atom is -0.494 e. The zero-order valence-corrected chi connectivity index (χ0v) is 23.8. The van der Waals surface area contributed by atoms with E-state index in [-0.39, 0.29) is 52.5 Å². The van der Waals surface area contributed by atoms with Gasteiger partial charge in [0, 0.05) is 35.5 Å². The highest BCUT2D eigenvalue weighted by Gasteiger charge is 2.40. The minimum absolute atomic E-state index is 0.0329. The highest BCUT2D eigenvalue weighted by Crippen LogP contribution is 2.35. The Labute approximate surface area is 240 Å². The Balaban J connectivity index is 1.84. The molecule has 214 valence electrons. The first kappa shape index (κ1) is 28.4. The van der Waals surface area contributed by atoms with Crippen LogP contribution in [-0.4, -0.2) is 50.6 Å². The lowest BCUT2D eigenvalue weighted by atomic mass is 10.00. The number of fused-ring (bicyclic) bond motifs is 1. The van der Waals surface area contributed by atoms with Gasteiger partial charge in [0.05, 0.1) is 41.9 Å². The van der Waals surface area contributed by atoms with Crippen molar-refractivity contribution in [3.63, 3.8) is 0 Å². The number of nitrogens with zero attached hydrogens (tertiary/aromatic N) is 5. The third-order valence-electron chi connectivity index (χ3n) is 6.81. The minimum atomic E-state index is -0.991. The molecule has 11 heteroatoms. The summed E-state index contributed by atoms with van der Waals surface area (Å²) in [5.74, 6) is -0.971. The van der Waals surface area contributed by atoms with Crippen LogP contribution in [-0.2, 0) is 9.53 Å². The zero-order chi connectivity index (χ0) is 30.3. The molecule has 2 aromatic carbocycles. The van der Waals surface area contributed by atoms with Gasteiger partial charge in [-0.15, -0.1) is 0 Å². The first-order valence-corrected chi connectivity index (χ1v) is 13.2. The highest BCUT2D eigenvalue weighted by molar-refractivity contribution is 5.95. The molecule has 42 heavy (non-hydrogen) atoms. The molecule has 0 radical (unpaired) electrons. The van der Waals surface area contributed by atoms with Crippen molar-refractivity contribution in [2.45, 2.75) is 45.8 Å². The third kappa shape index (κ3) is 5.31. The van der Waals surface area contributed by atoms with Crippen molar-refractivity contribution < 1.29 is 23.5 Å². The Bertz CT molecular complexity index is 1840. The van der Waals surface area contributed by atoms with Crippen LogP contribution in [0.2, 0.25) is 0 Å². The first-order chi connectivity index (χ1) is 19.9. The standard InChI is InChI=1S/C31H28FN5O5/c1-17-6-7-19(15-34-17)22-10-18(14-33)11-23-27(22)35-28(25-13-21(38)16-36(25)30(40)42-31(2,3)4)37(29(23)39)20-8-9-26(41-5)24(32)12-20/h6-12,15,25H,13,16H2,1-5H3. The number of methoxy groups -OCH3 is 1. The molecule has 0 spiro atoms. The SMILES string of the molecule is COc1ccc(-n2c(C3CC(=O)CN3C(=O)OC(C)(C)C)nc3c(-c4ccc(C)nc4)cc(C#N)cc3c2=O)cc1F. The van der Waals surface area contributed by atoms with Crippen molar-refractivity contribution in [1.29, 1.82) is 5.26 Å². The molecular weight excluding hydrogens is 541 g/mol. The number of hydrogen-bond acceptors (Lipinski definition) is 8. The highest BCUT2D eigenvalue weighted by atomic mass is 19.1. The molecule has 0 bridgehead atoms. The number of hydrogen-bond donors (Lipinski definition) is 0. The summed E-state index contributed by atoms with van der Waals surface area (Å²) in [5, 5.41) is 9.87. The Kier molecular flexibility index (Phi) is 7.24. The number of pyridine rings is 1. The summed E-state index contributed by atoms with van der Waals surface area (Å²) in [6.07, 6.45) is 0.735. The van der Waals surface area contributed by atoms with E-state index >= 15 is 0 Å². The van der Waals surface area contributed by atoms with E-state index < -0.39 is 29.1 Å². The van der Waals surface area contributed by atoms with E-state index in [1.165, 1.54) is 34.8 Å². The predicted molar refractivity (Wildman–Crippen MR) is 152 cm³/mol. The second kappa shape index (κ2) is 10.7. The van der Waals surface area contributed by atoms with Crippen LogP contribution in [0.5, 0.6) is 5.75 Å². The van der Waals surface area contributed by atoms with Gasteiger partial charge in [-0.1, -0.05) is 6.07 Å². The van der Waals surface area contributed by atoms with Crippen molar-refractivity contribution in [2.75, 3.05) is 13.7 Å². The van der Waals surface area contributed by atoms with Gasteiger partial charge >= 0.3 is 6.09 Å². The molecule has 4 aromatic rings. The number of Topliss-reactive ketones (excluding diaryl/α,β-unsaturated/α-hetero) is 1. The number of halogens is 1. The fourth-order valence-electron chi connectivity index (χ4n) is 4.92. The molecule has 1 fully saturated rings. The largest absolute Gasteiger partial charge is 0.494 e. The molecular formula is C31H28FN5O5. The Morgan fingerprint density at radius 3 is 2.52 bits per heavy atom. The molecule has 0 N–H and O–H groups in total. The molecule has 1 aliphatic rings. The summed E-state index contributed by atoms with van der Waals surface area (Å²) >= 11 is 0. The molecule has 1 saturated heterocycles. The van der Waals surface area contributed by atoms with E-state index in [9.17, 15) is 24.0 Å². The van der Waals surface area contributed by atoms with Gasteiger partial charge in [0.25, 0.3) is 5.56 Å². The summed E-state index contributed by atoms with van der Waals surface area (Å²) in [6.45, 7) is 6.70. The molecule has 0 saturated carbocycles. The van der Waals surface area contributed by atoms with E-state index in [0.29, 0.717) is 11.1 Å². The van der Waals surface area contributed by atoms with Crippen LogP contribution < -0.4 is 10.3 Å². The van der Waals surface area contributed by atoms with Crippen molar-refractivity contribution in [3.05, 3.63) is 81.9 Å². The Morgan fingerprint density at radius 1 is 1.14 bits per heavy atom. The number of ether oxygens (including phenoxy) is 2. The van der Waals surface area contributed by atoms with E-state index in [2.05, 4.69) is 11.1 Å². The summed E-state index contributed by atoms with van der Waals surface area (Å²) < 4.78 is 26.7. The monoisotopic (exact) mass is 569 g/mol. The van der Waals surface area contributed by atoms with Crippen molar-refractivity contribution in [2.24, 2.45) is 0 Å². The van der Waals surface area contributed by atoms with Gasteiger partial charge in [-0.25, -0.2) is 14.2 Å². The quantitative estimate of drug-likeness (QED) is 0.335. The van der Waals surface area contributed by atoms with Gasteiger partial charge in [-0.3, -0.25) is 24.0 Å². The fraction of sp³-hybridized carbons (Fsp3) is 0.290. The second-order valence-corrected chi connectivity index (χ2v) is 11.0. The summed E-state index contributed by atoms with van der Waals surface area (Å²) in [6, 6.07) is 11.7. The van der Waals surface area contributed by atoms with Crippen molar-refractivity contribution in [1.82, 2.24) is 19.4 Å². The first-order valence-electron chi connectivity index (χ1n) is 13.2. The lowest BCUT2D eigenvalue weighted by Crippen LogP contribution is -2.39. The molecule has 10 nitrogen and oxygen atoms in total. The average Bonchev–Trinajstić information content (AvgIpc) is 3.33. The van der Waals surface area contributed by atoms with Crippen molar-refractivity contribution >= 4 is 22.8 Å². The van der Waals surface area contributed by atoms with Crippen LogP contribution in [0.3, 0.4) is 0 Å². The molecule has 2 aromatic heterocycles. The normalized spacial score (nSPS) is 15.1. The lowest BCUT2D eigenvalue weighted by Gasteiger charge is -2.29. The maximum Gasteiger partial charge on any atom is 0.411 e. The molecule has 5 rings (SSSR count). The number of amides is 1. The number of carbonyl (C=O) groups excluding carboxylic acids is 2. The zero-order valence-electron chi connectivity index (χ0n) is 23.8. The number of carbonyl (C=O) groups is 2. The van der Waals surface area contributed by atoms with E-state index in [1.807, 2.05) is 6.92 Å². The number of nitriles is 1. The van der Waals surface area contributed by atoms with Crippen LogP contribution in [0.4, 0.5) is 9.18 Å². The number of likely N-dealkylation sites (tertiary alicyclic amines) is 1. The van der Waals surface area contributed by atoms with Crippen LogP contribution in [0, 0.1) is 24.1 Å². The van der Waals surface area contributed by atoms with Gasteiger partial charge in [0.15, 0.2) is 17.3 Å². The number of aryl methyl sites for hydroxylation is 1. The van der Waals surface area contributed by atoms with Gasteiger partial charge in [0.2, 0.25) is 0 Å².